The number of carbonyl (C=O) groups is 2. The van der Waals surface area contributed by atoms with Crippen LogP contribution >= 0.6 is 0 Å². The monoisotopic (exact) mass is 362 g/mol. The highest BCUT2D eigenvalue weighted by Gasteiger charge is 2.09. The zero-order valence-electron chi connectivity index (χ0n) is 14.5. The van der Waals surface area contributed by atoms with Crippen molar-refractivity contribution < 1.29 is 9.59 Å². The van der Waals surface area contributed by atoms with E-state index in [9.17, 15) is 14.4 Å². The van der Waals surface area contributed by atoms with Crippen LogP contribution < -0.4 is 16.6 Å². The van der Waals surface area contributed by atoms with Crippen molar-refractivity contribution in [3.8, 4) is 11.3 Å². The number of rotatable bonds is 6. The van der Waals surface area contributed by atoms with Crippen molar-refractivity contribution in [2.75, 3.05) is 5.32 Å². The predicted molar refractivity (Wildman–Crippen MR) is 102 cm³/mol. The Hall–Kier alpha value is -3.74. The minimum atomic E-state index is -0.421. The minimum Gasteiger partial charge on any atom is -0.369 e. The van der Waals surface area contributed by atoms with E-state index in [1.807, 2.05) is 30.3 Å². The molecule has 7 nitrogen and oxygen atoms in total. The third-order valence-electron chi connectivity index (χ3n) is 3.85. The fourth-order valence-electron chi connectivity index (χ4n) is 2.57. The van der Waals surface area contributed by atoms with Gasteiger partial charge in [-0.2, -0.15) is 5.10 Å². The molecule has 3 rings (SSSR count). The second-order valence-electron chi connectivity index (χ2n) is 5.97. The normalized spacial score (nSPS) is 10.4. The maximum Gasteiger partial charge on any atom is 0.267 e. The van der Waals surface area contributed by atoms with E-state index in [2.05, 4.69) is 10.4 Å². The molecular weight excluding hydrogens is 344 g/mol. The molecule has 3 N–H and O–H groups in total. The van der Waals surface area contributed by atoms with E-state index >= 15 is 0 Å². The van der Waals surface area contributed by atoms with Crippen molar-refractivity contribution in [3.63, 3.8) is 0 Å². The van der Waals surface area contributed by atoms with E-state index in [1.54, 1.807) is 30.3 Å². The van der Waals surface area contributed by atoms with Crippen LogP contribution in [0.2, 0.25) is 0 Å². The Balaban J connectivity index is 1.70. The number of aromatic nitrogens is 2. The quantitative estimate of drug-likeness (QED) is 0.694. The smallest absolute Gasteiger partial charge is 0.267 e. The molecule has 3 aromatic rings. The first-order valence-corrected chi connectivity index (χ1v) is 8.32. The molecule has 7 heteroatoms. The Morgan fingerprint density at radius 2 is 1.67 bits per heavy atom. The molecule has 0 fully saturated rings. The molecule has 0 unspecified atom stereocenters. The fraction of sp³-hybridized carbons (Fsp3) is 0.100. The van der Waals surface area contributed by atoms with Crippen LogP contribution in [0.3, 0.4) is 0 Å². The van der Waals surface area contributed by atoms with Crippen molar-refractivity contribution in [2.45, 2.75) is 13.0 Å². The molecule has 0 saturated heterocycles. The van der Waals surface area contributed by atoms with Crippen LogP contribution in [0.25, 0.3) is 11.3 Å². The van der Waals surface area contributed by atoms with Gasteiger partial charge in [-0.15, -0.1) is 0 Å². The summed E-state index contributed by atoms with van der Waals surface area (Å²) < 4.78 is 1.12. The first-order chi connectivity index (χ1) is 13.0. The molecule has 0 bridgehead atoms. The summed E-state index contributed by atoms with van der Waals surface area (Å²) >= 11 is 0. The Bertz CT molecular complexity index is 1010. The van der Waals surface area contributed by atoms with Gasteiger partial charge in [-0.25, -0.2) is 4.68 Å². The van der Waals surface area contributed by atoms with Gasteiger partial charge in [0.1, 0.15) is 6.54 Å². The van der Waals surface area contributed by atoms with E-state index < -0.39 is 5.91 Å². The molecule has 0 atom stereocenters. The van der Waals surface area contributed by atoms with Gasteiger partial charge in [0.25, 0.3) is 5.56 Å². The summed E-state index contributed by atoms with van der Waals surface area (Å²) in [6.45, 7) is -0.206. The summed E-state index contributed by atoms with van der Waals surface area (Å²) in [5, 5.41) is 6.97. The van der Waals surface area contributed by atoms with Crippen molar-refractivity contribution in [1.82, 2.24) is 9.78 Å². The van der Waals surface area contributed by atoms with Crippen LogP contribution in [-0.2, 0) is 22.6 Å². The maximum atomic E-state index is 12.3. The number of nitrogens with two attached hydrogens (primary N) is 1. The minimum absolute atomic E-state index is 0.139. The molecule has 0 saturated carbocycles. The van der Waals surface area contributed by atoms with E-state index in [0.29, 0.717) is 11.4 Å². The molecule has 1 heterocycles. The Morgan fingerprint density at radius 3 is 2.33 bits per heavy atom. The average Bonchev–Trinajstić information content (AvgIpc) is 2.65. The SMILES string of the molecule is NC(=O)Cc1ccc(NC(=O)Cn2nc(-c3ccccc3)ccc2=O)cc1. The number of hydrogen-bond acceptors (Lipinski definition) is 4. The van der Waals surface area contributed by atoms with E-state index in [-0.39, 0.29) is 24.4 Å². The molecule has 0 radical (unpaired) electrons. The molecule has 27 heavy (non-hydrogen) atoms. The topological polar surface area (TPSA) is 107 Å². The Kier molecular flexibility index (Phi) is 5.41. The summed E-state index contributed by atoms with van der Waals surface area (Å²) in [5.74, 6) is -0.798. The number of primary amides is 1. The van der Waals surface area contributed by atoms with Gasteiger partial charge < -0.3 is 11.1 Å². The summed E-state index contributed by atoms with van der Waals surface area (Å²) in [4.78, 5) is 35.2. The zero-order chi connectivity index (χ0) is 19.2. The van der Waals surface area contributed by atoms with Crippen LogP contribution in [0.1, 0.15) is 5.56 Å². The molecule has 0 aliphatic carbocycles. The van der Waals surface area contributed by atoms with Crippen LogP contribution in [0.4, 0.5) is 5.69 Å². The van der Waals surface area contributed by atoms with Gasteiger partial charge in [-0.1, -0.05) is 42.5 Å². The van der Waals surface area contributed by atoms with E-state index in [0.717, 1.165) is 15.8 Å². The lowest BCUT2D eigenvalue weighted by Crippen LogP contribution is -2.29. The van der Waals surface area contributed by atoms with Crippen LogP contribution in [0.15, 0.2) is 71.5 Å². The van der Waals surface area contributed by atoms with Gasteiger partial charge in [-0.3, -0.25) is 14.4 Å². The molecule has 2 amide bonds. The molecule has 0 aliphatic heterocycles. The van der Waals surface area contributed by atoms with Gasteiger partial charge in [0.15, 0.2) is 0 Å². The van der Waals surface area contributed by atoms with Gasteiger partial charge in [0.05, 0.1) is 12.1 Å². The van der Waals surface area contributed by atoms with Crippen molar-refractivity contribution >= 4 is 17.5 Å². The summed E-state index contributed by atoms with van der Waals surface area (Å²) in [7, 11) is 0. The first kappa shape index (κ1) is 18.1. The van der Waals surface area contributed by atoms with Gasteiger partial charge >= 0.3 is 0 Å². The summed E-state index contributed by atoms with van der Waals surface area (Å²) in [6, 6.07) is 19.2. The lowest BCUT2D eigenvalue weighted by atomic mass is 10.1. The van der Waals surface area contributed by atoms with Gasteiger partial charge in [0.2, 0.25) is 11.8 Å². The second-order valence-corrected chi connectivity index (χ2v) is 5.97. The van der Waals surface area contributed by atoms with E-state index in [4.69, 9.17) is 5.73 Å². The third kappa shape index (κ3) is 4.88. The number of nitrogens with one attached hydrogen (secondary N) is 1. The summed E-state index contributed by atoms with van der Waals surface area (Å²) in [6.07, 6.45) is 0.139. The van der Waals surface area contributed by atoms with Crippen molar-refractivity contribution in [1.29, 1.82) is 0 Å². The average molecular weight is 362 g/mol. The zero-order valence-corrected chi connectivity index (χ0v) is 14.5. The number of carbonyl (C=O) groups excluding carboxylic acids is 2. The van der Waals surface area contributed by atoms with Crippen LogP contribution in [0, 0.1) is 0 Å². The maximum absolute atomic E-state index is 12.3. The second kappa shape index (κ2) is 8.09. The molecule has 2 aromatic carbocycles. The highest BCUT2D eigenvalue weighted by Crippen LogP contribution is 2.14. The van der Waals surface area contributed by atoms with Crippen LogP contribution in [-0.4, -0.2) is 21.6 Å². The first-order valence-electron chi connectivity index (χ1n) is 8.32. The predicted octanol–water partition coefficient (Wildman–Crippen LogP) is 1.58. The third-order valence-corrected chi connectivity index (χ3v) is 3.85. The molecule has 136 valence electrons. The number of nitrogens with zero attached hydrogens (tertiary/aromatic N) is 2. The van der Waals surface area contributed by atoms with Crippen LogP contribution in [0.5, 0.6) is 0 Å². The summed E-state index contributed by atoms with van der Waals surface area (Å²) in [5.41, 5.74) is 7.57. The lowest BCUT2D eigenvalue weighted by Gasteiger charge is -2.09. The van der Waals surface area contributed by atoms with Crippen molar-refractivity contribution in [3.05, 3.63) is 82.6 Å². The van der Waals surface area contributed by atoms with Crippen molar-refractivity contribution in [2.24, 2.45) is 5.73 Å². The molecule has 0 aliphatic rings. The number of amides is 2. The number of anilines is 1. The number of benzene rings is 2. The highest BCUT2D eigenvalue weighted by atomic mass is 16.2. The lowest BCUT2D eigenvalue weighted by molar-refractivity contribution is -0.118. The van der Waals surface area contributed by atoms with Gasteiger partial charge in [-0.05, 0) is 23.8 Å². The largest absolute Gasteiger partial charge is 0.369 e. The Morgan fingerprint density at radius 1 is 0.963 bits per heavy atom. The highest BCUT2D eigenvalue weighted by molar-refractivity contribution is 5.90. The van der Waals surface area contributed by atoms with Gasteiger partial charge in [0, 0.05) is 17.3 Å². The van der Waals surface area contributed by atoms with E-state index in [1.165, 1.54) is 6.07 Å². The molecular formula is C20H18N4O3. The number of hydrogen-bond donors (Lipinski definition) is 2. The fourth-order valence-corrected chi connectivity index (χ4v) is 2.57. The molecule has 0 spiro atoms. The standard InChI is InChI=1S/C20H18N4O3/c21-18(25)12-14-6-8-16(9-7-14)22-19(26)13-24-20(27)11-10-17(23-24)15-4-2-1-3-5-15/h1-11H,12-13H2,(H2,21,25)(H,22,26). The Labute approximate surface area is 155 Å². The molecule has 1 aromatic heterocycles.